The number of hydrogen-bond acceptors (Lipinski definition) is 4. The van der Waals surface area contributed by atoms with Crippen LogP contribution in [0.1, 0.15) is 9.80 Å². The molecule has 2 aromatic rings. The van der Waals surface area contributed by atoms with E-state index in [-0.39, 0.29) is 5.01 Å². The Kier molecular flexibility index (Phi) is 2.62. The van der Waals surface area contributed by atoms with E-state index in [1.165, 1.54) is 11.3 Å². The smallest absolute Gasteiger partial charge is 0.277 e. The first-order valence-electron chi connectivity index (χ1n) is 4.06. The summed E-state index contributed by atoms with van der Waals surface area (Å²) >= 11 is 4.63. The number of amides is 1. The zero-order chi connectivity index (χ0) is 11.0. The first kappa shape index (κ1) is 10.4. The van der Waals surface area contributed by atoms with Gasteiger partial charge in [-0.25, -0.2) is 4.98 Å². The molecule has 0 spiro atoms. The minimum atomic E-state index is -0.523. The number of ether oxygens (including phenoxy) is 1. The third kappa shape index (κ3) is 1.70. The van der Waals surface area contributed by atoms with E-state index >= 15 is 0 Å². The number of nitrogens with two attached hydrogens (primary N) is 1. The molecule has 0 aliphatic rings. The van der Waals surface area contributed by atoms with Crippen molar-refractivity contribution in [3.05, 3.63) is 21.6 Å². The molecule has 2 N–H and O–H groups in total. The van der Waals surface area contributed by atoms with Gasteiger partial charge in [-0.3, -0.25) is 4.79 Å². The Morgan fingerprint density at radius 1 is 1.60 bits per heavy atom. The minimum Gasteiger partial charge on any atom is -0.494 e. The van der Waals surface area contributed by atoms with Gasteiger partial charge >= 0.3 is 0 Å². The van der Waals surface area contributed by atoms with Crippen molar-refractivity contribution < 1.29 is 9.53 Å². The molecule has 0 bridgehead atoms. The fourth-order valence-electron chi connectivity index (χ4n) is 1.22. The van der Waals surface area contributed by atoms with Gasteiger partial charge < -0.3 is 10.5 Å². The Bertz CT molecular complexity index is 538. The molecule has 1 amide bonds. The van der Waals surface area contributed by atoms with Crippen LogP contribution in [-0.2, 0) is 0 Å². The second-order valence-corrected chi connectivity index (χ2v) is 4.66. The van der Waals surface area contributed by atoms with Crippen LogP contribution in [0.3, 0.4) is 0 Å². The van der Waals surface area contributed by atoms with E-state index in [2.05, 4.69) is 20.9 Å². The number of primary amides is 1. The SMILES string of the molecule is COc1ccc(Br)c2sc(C(N)=O)nc12. The summed E-state index contributed by atoms with van der Waals surface area (Å²) in [5.74, 6) is 0.113. The molecule has 0 saturated heterocycles. The van der Waals surface area contributed by atoms with E-state index in [4.69, 9.17) is 10.5 Å². The van der Waals surface area contributed by atoms with Gasteiger partial charge in [0.2, 0.25) is 0 Å². The predicted octanol–water partition coefficient (Wildman–Crippen LogP) is 2.17. The third-order valence-electron chi connectivity index (χ3n) is 1.89. The number of thiazole rings is 1. The predicted molar refractivity (Wildman–Crippen MR) is 62.4 cm³/mol. The number of nitrogens with zero attached hydrogens (tertiary/aromatic N) is 1. The Hall–Kier alpha value is -1.14. The van der Waals surface area contributed by atoms with Crippen molar-refractivity contribution in [3.63, 3.8) is 0 Å². The highest BCUT2D eigenvalue weighted by Crippen LogP contribution is 2.35. The van der Waals surface area contributed by atoms with E-state index in [1.807, 2.05) is 6.07 Å². The van der Waals surface area contributed by atoms with E-state index < -0.39 is 5.91 Å². The Labute approximate surface area is 98.2 Å². The fourth-order valence-corrected chi connectivity index (χ4v) is 2.62. The van der Waals surface area contributed by atoms with Gasteiger partial charge in [-0.1, -0.05) is 0 Å². The summed E-state index contributed by atoms with van der Waals surface area (Å²) in [5, 5.41) is 0.287. The van der Waals surface area contributed by atoms with Crippen LogP contribution in [0.5, 0.6) is 5.75 Å². The number of halogens is 1. The lowest BCUT2D eigenvalue weighted by molar-refractivity contribution is 0.1000. The van der Waals surface area contributed by atoms with Crippen LogP contribution in [0.4, 0.5) is 0 Å². The molecule has 0 radical (unpaired) electrons. The van der Waals surface area contributed by atoms with Gasteiger partial charge in [0, 0.05) is 4.47 Å². The van der Waals surface area contributed by atoms with Crippen LogP contribution in [0.15, 0.2) is 16.6 Å². The molecule has 6 heteroatoms. The quantitative estimate of drug-likeness (QED) is 0.920. The maximum Gasteiger partial charge on any atom is 0.277 e. The Morgan fingerprint density at radius 3 is 2.93 bits per heavy atom. The molecule has 0 aliphatic carbocycles. The lowest BCUT2D eigenvalue weighted by atomic mass is 10.3. The van der Waals surface area contributed by atoms with Crippen LogP contribution in [-0.4, -0.2) is 18.0 Å². The summed E-state index contributed by atoms with van der Waals surface area (Å²) in [5.41, 5.74) is 5.83. The normalized spacial score (nSPS) is 10.5. The maximum atomic E-state index is 11.0. The molecule has 0 saturated carbocycles. The van der Waals surface area contributed by atoms with Gasteiger partial charge in [0.05, 0.1) is 11.8 Å². The van der Waals surface area contributed by atoms with Crippen molar-refractivity contribution in [1.29, 1.82) is 0 Å². The van der Waals surface area contributed by atoms with E-state index in [9.17, 15) is 4.79 Å². The molecule has 1 aromatic heterocycles. The largest absolute Gasteiger partial charge is 0.494 e. The molecule has 2 rings (SSSR count). The molecule has 0 fully saturated rings. The fraction of sp³-hybridized carbons (Fsp3) is 0.111. The van der Waals surface area contributed by atoms with Crippen molar-refractivity contribution in [2.45, 2.75) is 0 Å². The van der Waals surface area contributed by atoms with Crippen LogP contribution in [0.25, 0.3) is 10.2 Å². The highest BCUT2D eigenvalue weighted by atomic mass is 79.9. The molecular formula is C9H7BrN2O2S. The van der Waals surface area contributed by atoms with Crippen molar-refractivity contribution in [2.24, 2.45) is 5.73 Å². The molecule has 0 atom stereocenters. The Morgan fingerprint density at radius 2 is 2.33 bits per heavy atom. The summed E-state index contributed by atoms with van der Waals surface area (Å²) in [6, 6.07) is 3.64. The van der Waals surface area contributed by atoms with Gasteiger partial charge in [-0.2, -0.15) is 0 Å². The minimum absolute atomic E-state index is 0.287. The van der Waals surface area contributed by atoms with E-state index in [0.29, 0.717) is 11.3 Å². The maximum absolute atomic E-state index is 11.0. The number of carbonyl (C=O) groups is 1. The van der Waals surface area contributed by atoms with Gasteiger partial charge in [0.1, 0.15) is 11.3 Å². The molecule has 15 heavy (non-hydrogen) atoms. The van der Waals surface area contributed by atoms with Gasteiger partial charge in [-0.05, 0) is 28.1 Å². The summed E-state index contributed by atoms with van der Waals surface area (Å²) in [4.78, 5) is 15.1. The molecule has 4 nitrogen and oxygen atoms in total. The van der Waals surface area contributed by atoms with Gasteiger partial charge in [0.25, 0.3) is 5.91 Å². The van der Waals surface area contributed by atoms with Gasteiger partial charge in [0.15, 0.2) is 5.01 Å². The molecule has 1 aromatic carbocycles. The average Bonchev–Trinajstić information content (AvgIpc) is 2.64. The monoisotopic (exact) mass is 286 g/mol. The van der Waals surface area contributed by atoms with E-state index in [0.717, 1.165) is 9.17 Å². The van der Waals surface area contributed by atoms with Crippen molar-refractivity contribution in [1.82, 2.24) is 4.98 Å². The summed E-state index contributed by atoms with van der Waals surface area (Å²) in [7, 11) is 1.56. The van der Waals surface area contributed by atoms with Crippen LogP contribution in [0, 0.1) is 0 Å². The first-order chi connectivity index (χ1) is 7.13. The summed E-state index contributed by atoms with van der Waals surface area (Å²) in [6.07, 6.45) is 0. The average molecular weight is 287 g/mol. The molecule has 0 aliphatic heterocycles. The second kappa shape index (κ2) is 3.79. The highest BCUT2D eigenvalue weighted by molar-refractivity contribution is 9.10. The number of carbonyl (C=O) groups excluding carboxylic acids is 1. The lowest BCUT2D eigenvalue weighted by Crippen LogP contribution is -2.09. The number of aromatic nitrogens is 1. The number of benzene rings is 1. The molecular weight excluding hydrogens is 280 g/mol. The molecule has 0 unspecified atom stereocenters. The van der Waals surface area contributed by atoms with Crippen LogP contribution in [0.2, 0.25) is 0 Å². The highest BCUT2D eigenvalue weighted by Gasteiger charge is 2.14. The second-order valence-electron chi connectivity index (χ2n) is 2.81. The first-order valence-corrected chi connectivity index (χ1v) is 5.67. The summed E-state index contributed by atoms with van der Waals surface area (Å²) in [6.45, 7) is 0. The molecule has 78 valence electrons. The number of rotatable bonds is 2. The van der Waals surface area contributed by atoms with Crippen LogP contribution < -0.4 is 10.5 Å². The third-order valence-corrected chi connectivity index (χ3v) is 3.92. The van der Waals surface area contributed by atoms with Crippen molar-refractivity contribution in [2.75, 3.05) is 7.11 Å². The van der Waals surface area contributed by atoms with Crippen LogP contribution >= 0.6 is 27.3 Å². The zero-order valence-electron chi connectivity index (χ0n) is 7.78. The number of methoxy groups -OCH3 is 1. The zero-order valence-corrected chi connectivity index (χ0v) is 10.2. The molecule has 1 heterocycles. The Balaban J connectivity index is 2.77. The lowest BCUT2D eigenvalue weighted by Gasteiger charge is -2.00. The van der Waals surface area contributed by atoms with Gasteiger partial charge in [-0.15, -0.1) is 11.3 Å². The number of hydrogen-bond donors (Lipinski definition) is 1. The van der Waals surface area contributed by atoms with Crippen molar-refractivity contribution >= 4 is 43.4 Å². The topological polar surface area (TPSA) is 65.2 Å². The van der Waals surface area contributed by atoms with E-state index in [1.54, 1.807) is 13.2 Å². The number of fused-ring (bicyclic) bond motifs is 1. The standard InChI is InChI=1S/C9H7BrN2O2S/c1-14-5-3-2-4(10)7-6(5)12-9(15-7)8(11)13/h2-3H,1H3,(H2,11,13). The van der Waals surface area contributed by atoms with Crippen molar-refractivity contribution in [3.8, 4) is 5.75 Å². The summed E-state index contributed by atoms with van der Waals surface area (Å²) < 4.78 is 6.89.